The van der Waals surface area contributed by atoms with Crippen LogP contribution in [-0.2, 0) is 6.54 Å². The third kappa shape index (κ3) is 7.13. The molecule has 4 rings (SSSR count). The minimum Gasteiger partial charge on any atom is -0.493 e. The normalized spacial score (nSPS) is 17.1. The fraction of sp³-hybridized carbons (Fsp3) is 0.630. The zero-order valence-electron chi connectivity index (χ0n) is 21.9. The predicted molar refractivity (Wildman–Crippen MR) is 142 cm³/mol. The van der Waals surface area contributed by atoms with Crippen LogP contribution < -0.4 is 25.0 Å². The van der Waals surface area contributed by atoms with Crippen LogP contribution in [0.1, 0.15) is 44.2 Å². The van der Waals surface area contributed by atoms with Gasteiger partial charge in [-0.3, -0.25) is 9.80 Å². The van der Waals surface area contributed by atoms with E-state index in [-0.39, 0.29) is 12.1 Å². The molecule has 9 heteroatoms. The Morgan fingerprint density at radius 1 is 1.17 bits per heavy atom. The van der Waals surface area contributed by atoms with E-state index in [4.69, 9.17) is 9.47 Å². The van der Waals surface area contributed by atoms with Crippen LogP contribution in [0.15, 0.2) is 30.7 Å². The number of rotatable bonds is 11. The van der Waals surface area contributed by atoms with E-state index in [0.29, 0.717) is 18.9 Å². The number of aromatic nitrogens is 2. The number of nitrogens with zero attached hydrogens (tertiary/aromatic N) is 4. The van der Waals surface area contributed by atoms with Gasteiger partial charge in [0, 0.05) is 75.5 Å². The lowest BCUT2D eigenvalue weighted by Crippen LogP contribution is -2.47. The van der Waals surface area contributed by atoms with Crippen molar-refractivity contribution < 1.29 is 14.3 Å². The first kappa shape index (κ1) is 26.3. The molecule has 9 nitrogen and oxygen atoms in total. The van der Waals surface area contributed by atoms with Gasteiger partial charge in [-0.25, -0.2) is 9.78 Å². The molecule has 1 aromatic carbocycles. The van der Waals surface area contributed by atoms with Gasteiger partial charge in [-0.05, 0) is 38.3 Å². The topological polar surface area (TPSA) is 83.9 Å². The summed E-state index contributed by atoms with van der Waals surface area (Å²) in [5.74, 6) is 1.38. The Balaban J connectivity index is 1.38. The largest absolute Gasteiger partial charge is 0.493 e. The molecule has 0 atom stereocenters. The van der Waals surface area contributed by atoms with E-state index in [9.17, 15) is 4.79 Å². The molecule has 1 saturated heterocycles. The highest BCUT2D eigenvalue weighted by molar-refractivity contribution is 5.93. The molecule has 36 heavy (non-hydrogen) atoms. The number of imidazole rings is 1. The minimum atomic E-state index is -0.0429. The third-order valence-corrected chi connectivity index (χ3v) is 7.23. The van der Waals surface area contributed by atoms with Crippen molar-refractivity contribution >= 4 is 11.7 Å². The van der Waals surface area contributed by atoms with Crippen LogP contribution in [0.5, 0.6) is 11.5 Å². The quantitative estimate of drug-likeness (QED) is 0.462. The Morgan fingerprint density at radius 2 is 1.97 bits per heavy atom. The van der Waals surface area contributed by atoms with Crippen LogP contribution in [0.2, 0.25) is 0 Å². The summed E-state index contributed by atoms with van der Waals surface area (Å²) >= 11 is 0. The van der Waals surface area contributed by atoms with E-state index in [2.05, 4.69) is 25.1 Å². The summed E-state index contributed by atoms with van der Waals surface area (Å²) in [4.78, 5) is 21.9. The number of methoxy groups -OCH3 is 1. The van der Waals surface area contributed by atoms with Crippen LogP contribution in [0.3, 0.4) is 0 Å². The lowest BCUT2D eigenvalue weighted by Gasteiger charge is -2.34. The maximum absolute atomic E-state index is 13.4. The highest BCUT2D eigenvalue weighted by Gasteiger charge is 2.27. The SMILES string of the molecule is COc1cc(N(C(=O)NCCCn2cncc2C)C2CCCCC2)ccc1OCCN1CCNCC1. The molecule has 0 spiro atoms. The van der Waals surface area contributed by atoms with Crippen LogP contribution in [0.25, 0.3) is 0 Å². The van der Waals surface area contributed by atoms with Crippen LogP contribution in [-0.4, -0.2) is 79.5 Å². The maximum atomic E-state index is 13.4. The summed E-state index contributed by atoms with van der Waals surface area (Å²) < 4.78 is 13.9. The average molecular weight is 499 g/mol. The fourth-order valence-corrected chi connectivity index (χ4v) is 5.13. The summed E-state index contributed by atoms with van der Waals surface area (Å²) in [6.45, 7) is 9.15. The van der Waals surface area contributed by atoms with Crippen molar-refractivity contribution in [3.8, 4) is 11.5 Å². The molecule has 2 N–H and O–H groups in total. The van der Waals surface area contributed by atoms with Crippen LogP contribution in [0, 0.1) is 6.92 Å². The van der Waals surface area contributed by atoms with Gasteiger partial charge in [-0.15, -0.1) is 0 Å². The van der Waals surface area contributed by atoms with Crippen molar-refractivity contribution in [1.82, 2.24) is 25.1 Å². The van der Waals surface area contributed by atoms with Gasteiger partial charge in [-0.1, -0.05) is 19.3 Å². The highest BCUT2D eigenvalue weighted by atomic mass is 16.5. The lowest BCUT2D eigenvalue weighted by molar-refractivity contribution is 0.188. The van der Waals surface area contributed by atoms with Crippen molar-refractivity contribution in [3.63, 3.8) is 0 Å². The van der Waals surface area contributed by atoms with Gasteiger partial charge in [0.05, 0.1) is 13.4 Å². The number of anilines is 1. The number of ether oxygens (including phenoxy) is 2. The van der Waals surface area contributed by atoms with Crippen molar-refractivity contribution in [2.45, 2.75) is 58.0 Å². The summed E-state index contributed by atoms with van der Waals surface area (Å²) in [6.07, 6.45) is 10.1. The monoisotopic (exact) mass is 498 g/mol. The van der Waals surface area contributed by atoms with Gasteiger partial charge >= 0.3 is 6.03 Å². The van der Waals surface area contributed by atoms with E-state index in [1.807, 2.05) is 42.5 Å². The van der Waals surface area contributed by atoms with Crippen LogP contribution in [0.4, 0.5) is 10.5 Å². The Bertz CT molecular complexity index is 953. The minimum absolute atomic E-state index is 0.0429. The average Bonchev–Trinajstić information content (AvgIpc) is 3.33. The Morgan fingerprint density at radius 3 is 2.69 bits per heavy atom. The number of nitrogens with one attached hydrogen (secondary N) is 2. The molecule has 2 aliphatic rings. The molecule has 1 aromatic heterocycles. The molecule has 1 saturated carbocycles. The summed E-state index contributed by atoms with van der Waals surface area (Å²) in [6, 6.07) is 6.03. The Labute approximate surface area is 215 Å². The molecule has 1 aliphatic heterocycles. The zero-order chi connectivity index (χ0) is 25.2. The first-order valence-corrected chi connectivity index (χ1v) is 13.4. The van der Waals surface area contributed by atoms with Crippen molar-refractivity contribution in [1.29, 1.82) is 0 Å². The molecule has 2 fully saturated rings. The second-order valence-corrected chi connectivity index (χ2v) is 9.75. The number of hydrogen-bond donors (Lipinski definition) is 2. The second-order valence-electron chi connectivity index (χ2n) is 9.75. The summed E-state index contributed by atoms with van der Waals surface area (Å²) in [5.41, 5.74) is 1.99. The fourth-order valence-electron chi connectivity index (χ4n) is 5.13. The van der Waals surface area contributed by atoms with Gasteiger partial charge in [0.25, 0.3) is 0 Å². The number of piperazine rings is 1. The number of urea groups is 1. The standard InChI is InChI=1S/C27H42N6O3/c1-22-20-29-21-32(22)14-6-11-30-27(34)33(23-7-4-3-5-8-23)24-9-10-25(26(19-24)35-2)36-18-17-31-15-12-28-13-16-31/h9-10,19-21,23,28H,3-8,11-18H2,1-2H3,(H,30,34). The lowest BCUT2D eigenvalue weighted by atomic mass is 9.94. The maximum Gasteiger partial charge on any atom is 0.322 e. The van der Waals surface area contributed by atoms with E-state index in [0.717, 1.165) is 88.5 Å². The van der Waals surface area contributed by atoms with Gasteiger partial charge in [0.2, 0.25) is 0 Å². The molecular weight excluding hydrogens is 456 g/mol. The molecule has 2 aromatic rings. The van der Waals surface area contributed by atoms with E-state index in [1.165, 1.54) is 6.42 Å². The number of amides is 2. The molecular formula is C27H42N6O3. The van der Waals surface area contributed by atoms with Gasteiger partial charge in [0.1, 0.15) is 6.61 Å². The van der Waals surface area contributed by atoms with Gasteiger partial charge in [-0.2, -0.15) is 0 Å². The molecule has 1 aliphatic carbocycles. The van der Waals surface area contributed by atoms with Gasteiger partial charge < -0.3 is 24.7 Å². The van der Waals surface area contributed by atoms with E-state index >= 15 is 0 Å². The number of carbonyl (C=O) groups is 1. The predicted octanol–water partition coefficient (Wildman–Crippen LogP) is 3.42. The Hall–Kier alpha value is -2.78. The number of benzene rings is 1. The molecule has 0 unspecified atom stereocenters. The van der Waals surface area contributed by atoms with Gasteiger partial charge in [0.15, 0.2) is 11.5 Å². The number of aryl methyl sites for hydroxylation is 2. The molecule has 0 bridgehead atoms. The Kier molecular flexibility index (Phi) is 9.86. The second kappa shape index (κ2) is 13.5. The molecule has 0 radical (unpaired) electrons. The van der Waals surface area contributed by atoms with E-state index in [1.54, 1.807) is 7.11 Å². The summed E-state index contributed by atoms with van der Waals surface area (Å²) in [5, 5.41) is 6.53. The third-order valence-electron chi connectivity index (χ3n) is 7.23. The smallest absolute Gasteiger partial charge is 0.322 e. The van der Waals surface area contributed by atoms with E-state index < -0.39 is 0 Å². The van der Waals surface area contributed by atoms with Crippen molar-refractivity contribution in [2.75, 3.05) is 57.9 Å². The molecule has 2 amide bonds. The number of carbonyl (C=O) groups excluding carboxylic acids is 1. The van der Waals surface area contributed by atoms with Crippen molar-refractivity contribution in [3.05, 3.63) is 36.4 Å². The molecule has 2 heterocycles. The van der Waals surface area contributed by atoms with Crippen molar-refractivity contribution in [2.24, 2.45) is 0 Å². The zero-order valence-corrected chi connectivity index (χ0v) is 21.9. The molecule has 198 valence electrons. The van der Waals surface area contributed by atoms with Crippen LogP contribution >= 0.6 is 0 Å². The highest BCUT2D eigenvalue weighted by Crippen LogP contribution is 2.35. The first-order chi connectivity index (χ1) is 17.7. The summed E-state index contributed by atoms with van der Waals surface area (Å²) in [7, 11) is 1.66. The first-order valence-electron chi connectivity index (χ1n) is 13.4. The number of hydrogen-bond acceptors (Lipinski definition) is 6.